The Morgan fingerprint density at radius 2 is 2.09 bits per heavy atom. The second kappa shape index (κ2) is 6.86. The van der Waals surface area contributed by atoms with Crippen molar-refractivity contribution in [1.29, 1.82) is 0 Å². The summed E-state index contributed by atoms with van der Waals surface area (Å²) in [5.74, 6) is 0. The van der Waals surface area contributed by atoms with Crippen LogP contribution in [0.5, 0.6) is 0 Å². The number of aliphatic hydroxyl groups excluding tert-OH is 1. The molecule has 1 N–H and O–H groups in total. The van der Waals surface area contributed by atoms with Gasteiger partial charge in [0.15, 0.2) is 0 Å². The first-order chi connectivity index (χ1) is 10.6. The third-order valence-electron chi connectivity index (χ3n) is 4.50. The molecule has 2 heterocycles. The summed E-state index contributed by atoms with van der Waals surface area (Å²) in [5.41, 5.74) is 1.01. The molecule has 4 nitrogen and oxygen atoms in total. The zero-order valence-electron chi connectivity index (χ0n) is 13.1. The van der Waals surface area contributed by atoms with Crippen LogP contribution in [-0.4, -0.2) is 32.8 Å². The van der Waals surface area contributed by atoms with Crippen LogP contribution >= 0.6 is 11.3 Å². The van der Waals surface area contributed by atoms with Gasteiger partial charge in [0.1, 0.15) is 10.0 Å². The Morgan fingerprint density at radius 1 is 1.32 bits per heavy atom. The van der Waals surface area contributed by atoms with Crippen molar-refractivity contribution in [2.75, 3.05) is 6.54 Å². The van der Waals surface area contributed by atoms with Crippen LogP contribution in [0.3, 0.4) is 0 Å². The van der Waals surface area contributed by atoms with Crippen molar-refractivity contribution in [3.63, 3.8) is 0 Å². The highest BCUT2D eigenvalue weighted by Crippen LogP contribution is 2.34. The molecule has 1 aromatic heterocycles. The average Bonchev–Trinajstić information content (AvgIpc) is 3.16. The third kappa shape index (κ3) is 3.37. The predicted molar refractivity (Wildman–Crippen MR) is 88.8 cm³/mol. The quantitative estimate of drug-likeness (QED) is 0.917. The molecule has 0 amide bonds. The number of nitrogens with zero attached hydrogens (tertiary/aromatic N) is 3. The van der Waals surface area contributed by atoms with Crippen molar-refractivity contribution in [2.24, 2.45) is 0 Å². The molecule has 3 atom stereocenters. The van der Waals surface area contributed by atoms with Crippen LogP contribution in [0.2, 0.25) is 0 Å². The molecule has 1 aliphatic heterocycles. The van der Waals surface area contributed by atoms with Crippen LogP contribution in [0.15, 0.2) is 30.3 Å². The van der Waals surface area contributed by atoms with Crippen LogP contribution < -0.4 is 0 Å². The molecule has 0 spiro atoms. The first-order valence-corrected chi connectivity index (χ1v) is 8.75. The van der Waals surface area contributed by atoms with Crippen molar-refractivity contribution in [2.45, 2.75) is 51.3 Å². The first-order valence-electron chi connectivity index (χ1n) is 7.94. The highest BCUT2D eigenvalue weighted by molar-refractivity contribution is 7.11. The highest BCUT2D eigenvalue weighted by atomic mass is 32.1. The minimum Gasteiger partial charge on any atom is -0.388 e. The van der Waals surface area contributed by atoms with Crippen molar-refractivity contribution in [3.8, 4) is 0 Å². The van der Waals surface area contributed by atoms with E-state index >= 15 is 0 Å². The van der Waals surface area contributed by atoms with Crippen molar-refractivity contribution in [3.05, 3.63) is 45.9 Å². The SMILES string of the molecule is Cc1nnc([C@H](C)N2CCC[C@H]2C[C@H](O)c2ccccc2)s1. The van der Waals surface area contributed by atoms with E-state index in [2.05, 4.69) is 22.0 Å². The third-order valence-corrected chi connectivity index (χ3v) is 5.51. The van der Waals surface area contributed by atoms with Gasteiger partial charge in [0.25, 0.3) is 0 Å². The number of likely N-dealkylation sites (tertiary alicyclic amines) is 1. The lowest BCUT2D eigenvalue weighted by molar-refractivity contribution is 0.103. The smallest absolute Gasteiger partial charge is 0.134 e. The van der Waals surface area contributed by atoms with Gasteiger partial charge in [-0.3, -0.25) is 4.90 Å². The monoisotopic (exact) mass is 317 g/mol. The van der Waals surface area contributed by atoms with E-state index < -0.39 is 6.10 Å². The van der Waals surface area contributed by atoms with Gasteiger partial charge >= 0.3 is 0 Å². The fourth-order valence-electron chi connectivity index (χ4n) is 3.31. The maximum absolute atomic E-state index is 10.5. The average molecular weight is 317 g/mol. The topological polar surface area (TPSA) is 49.2 Å². The van der Waals surface area contributed by atoms with E-state index in [1.807, 2.05) is 37.3 Å². The molecular weight excluding hydrogens is 294 g/mol. The predicted octanol–water partition coefficient (Wildman–Crippen LogP) is 3.50. The standard InChI is InChI=1S/C17H23N3OS/c1-12(17-19-18-13(2)22-17)20-10-6-9-15(20)11-16(21)14-7-4-3-5-8-14/h3-5,7-8,12,15-16,21H,6,9-11H2,1-2H3/t12-,15-,16-/m0/s1. The van der Waals surface area contributed by atoms with Crippen LogP contribution in [0.25, 0.3) is 0 Å². The number of hydrogen-bond donors (Lipinski definition) is 1. The Kier molecular flexibility index (Phi) is 4.86. The molecule has 2 aromatic rings. The first kappa shape index (κ1) is 15.6. The molecule has 118 valence electrons. The minimum atomic E-state index is -0.393. The van der Waals surface area contributed by atoms with Crippen molar-refractivity contribution in [1.82, 2.24) is 15.1 Å². The second-order valence-corrected chi connectivity index (χ2v) is 7.24. The van der Waals surface area contributed by atoms with Crippen molar-refractivity contribution >= 4 is 11.3 Å². The van der Waals surface area contributed by atoms with Gasteiger partial charge < -0.3 is 5.11 Å². The number of aromatic nitrogens is 2. The molecule has 1 aliphatic rings. The summed E-state index contributed by atoms with van der Waals surface area (Å²) in [7, 11) is 0. The van der Waals surface area contributed by atoms with E-state index in [0.29, 0.717) is 6.04 Å². The molecule has 1 saturated heterocycles. The Labute approximate surface area is 135 Å². The number of benzene rings is 1. The van der Waals surface area contributed by atoms with Gasteiger partial charge in [-0.1, -0.05) is 30.3 Å². The van der Waals surface area contributed by atoms with Gasteiger partial charge in [-0.25, -0.2) is 0 Å². The van der Waals surface area contributed by atoms with E-state index in [9.17, 15) is 5.11 Å². The van der Waals surface area contributed by atoms with E-state index in [1.165, 1.54) is 6.42 Å². The van der Waals surface area contributed by atoms with E-state index in [4.69, 9.17) is 0 Å². The zero-order valence-corrected chi connectivity index (χ0v) is 14.0. The van der Waals surface area contributed by atoms with E-state index in [-0.39, 0.29) is 6.04 Å². The molecule has 0 unspecified atom stereocenters. The molecule has 0 radical (unpaired) electrons. The lowest BCUT2D eigenvalue weighted by atomic mass is 10.00. The largest absolute Gasteiger partial charge is 0.388 e. The number of rotatable bonds is 5. The number of aryl methyl sites for hydroxylation is 1. The fourth-order valence-corrected chi connectivity index (χ4v) is 4.08. The summed E-state index contributed by atoms with van der Waals surface area (Å²) in [5, 5.41) is 21.0. The number of aliphatic hydroxyl groups is 1. The molecule has 5 heteroatoms. The van der Waals surface area contributed by atoms with Crippen LogP contribution in [0.4, 0.5) is 0 Å². The Morgan fingerprint density at radius 3 is 2.77 bits per heavy atom. The molecule has 0 aliphatic carbocycles. The van der Waals surface area contributed by atoms with Gasteiger partial charge in [-0.15, -0.1) is 21.5 Å². The molecule has 3 rings (SSSR count). The summed E-state index contributed by atoms with van der Waals surface area (Å²) in [6.45, 7) is 5.27. The summed E-state index contributed by atoms with van der Waals surface area (Å²) >= 11 is 1.67. The van der Waals surface area contributed by atoms with E-state index in [1.54, 1.807) is 11.3 Å². The fraction of sp³-hybridized carbons (Fsp3) is 0.529. The molecule has 22 heavy (non-hydrogen) atoms. The lowest BCUT2D eigenvalue weighted by Gasteiger charge is -2.30. The van der Waals surface area contributed by atoms with Gasteiger partial charge in [-0.2, -0.15) is 0 Å². The summed E-state index contributed by atoms with van der Waals surface area (Å²) in [6, 6.07) is 10.6. The van der Waals surface area contributed by atoms with Crippen LogP contribution in [0, 0.1) is 6.92 Å². The van der Waals surface area contributed by atoms with Crippen LogP contribution in [-0.2, 0) is 0 Å². The Hall–Kier alpha value is -1.30. The summed E-state index contributed by atoms with van der Waals surface area (Å²) in [4.78, 5) is 2.48. The van der Waals surface area contributed by atoms with Gasteiger partial charge in [-0.05, 0) is 45.2 Å². The second-order valence-electron chi connectivity index (χ2n) is 6.03. The zero-order chi connectivity index (χ0) is 15.5. The maximum atomic E-state index is 10.5. The maximum Gasteiger partial charge on any atom is 0.134 e. The molecule has 0 bridgehead atoms. The lowest BCUT2D eigenvalue weighted by Crippen LogP contribution is -2.33. The number of hydrogen-bond acceptors (Lipinski definition) is 5. The normalized spacial score (nSPS) is 21.9. The van der Waals surface area contributed by atoms with Gasteiger partial charge in [0.05, 0.1) is 12.1 Å². The van der Waals surface area contributed by atoms with Gasteiger partial charge in [0.2, 0.25) is 0 Å². The molecule has 1 fully saturated rings. The molecule has 1 aromatic carbocycles. The highest BCUT2D eigenvalue weighted by Gasteiger charge is 2.32. The van der Waals surface area contributed by atoms with Crippen LogP contribution in [0.1, 0.15) is 53.9 Å². The Bertz CT molecular complexity index is 601. The summed E-state index contributed by atoms with van der Waals surface area (Å²) in [6.07, 6.45) is 2.72. The minimum absolute atomic E-state index is 0.279. The summed E-state index contributed by atoms with van der Waals surface area (Å²) < 4.78 is 0. The molecule has 0 saturated carbocycles. The molecular formula is C17H23N3OS. The van der Waals surface area contributed by atoms with E-state index in [0.717, 1.165) is 35.0 Å². The van der Waals surface area contributed by atoms with Crippen molar-refractivity contribution < 1.29 is 5.11 Å². The van der Waals surface area contributed by atoms with Gasteiger partial charge in [0, 0.05) is 6.04 Å². The Balaban J connectivity index is 1.68.